The molecular formula is C21H17ClF2N2O3. The zero-order valence-electron chi connectivity index (χ0n) is 15.6. The number of benzene rings is 2. The average Bonchev–Trinajstić information content (AvgIpc) is 2.66. The number of carbonyl (C=O) groups is 1. The first-order valence-corrected chi connectivity index (χ1v) is 8.96. The monoisotopic (exact) mass is 418 g/mol. The van der Waals surface area contributed by atoms with Crippen molar-refractivity contribution in [1.82, 2.24) is 4.57 Å². The highest BCUT2D eigenvalue weighted by Crippen LogP contribution is 2.26. The van der Waals surface area contributed by atoms with E-state index >= 15 is 0 Å². The topological polar surface area (TPSA) is 74.3 Å². The fourth-order valence-corrected chi connectivity index (χ4v) is 3.08. The van der Waals surface area contributed by atoms with Crippen molar-refractivity contribution >= 4 is 17.5 Å². The molecule has 0 aliphatic carbocycles. The van der Waals surface area contributed by atoms with E-state index in [4.69, 9.17) is 22.1 Å². The first kappa shape index (κ1) is 20.5. The van der Waals surface area contributed by atoms with Gasteiger partial charge in [0.05, 0.1) is 5.69 Å². The molecule has 1 heterocycles. The summed E-state index contributed by atoms with van der Waals surface area (Å²) in [7, 11) is 0. The van der Waals surface area contributed by atoms with Gasteiger partial charge in [0, 0.05) is 29.0 Å². The van der Waals surface area contributed by atoms with Crippen molar-refractivity contribution in [2.75, 3.05) is 0 Å². The predicted octanol–water partition coefficient (Wildman–Crippen LogP) is 4.06. The van der Waals surface area contributed by atoms with Gasteiger partial charge < -0.3 is 10.5 Å². The van der Waals surface area contributed by atoms with Crippen LogP contribution in [0.4, 0.5) is 8.78 Å². The molecule has 0 fully saturated rings. The lowest BCUT2D eigenvalue weighted by Gasteiger charge is -2.16. The minimum Gasteiger partial charge on any atom is -0.487 e. The largest absolute Gasteiger partial charge is 0.487 e. The minimum absolute atomic E-state index is 0.0675. The van der Waals surface area contributed by atoms with E-state index in [1.54, 1.807) is 26.0 Å². The Kier molecular flexibility index (Phi) is 5.70. The van der Waals surface area contributed by atoms with Gasteiger partial charge in [0.25, 0.3) is 5.56 Å². The van der Waals surface area contributed by atoms with Crippen LogP contribution in [0.15, 0.2) is 47.3 Å². The summed E-state index contributed by atoms with van der Waals surface area (Å²) in [5, 5.41) is -0.206. The lowest BCUT2D eigenvalue weighted by atomic mass is 10.1. The summed E-state index contributed by atoms with van der Waals surface area (Å²) in [6.07, 6.45) is 0. The number of pyridine rings is 1. The average molecular weight is 419 g/mol. The summed E-state index contributed by atoms with van der Waals surface area (Å²) in [6, 6.07) is 9.40. The van der Waals surface area contributed by atoms with Crippen LogP contribution in [0.25, 0.3) is 5.69 Å². The molecule has 0 radical (unpaired) electrons. The summed E-state index contributed by atoms with van der Waals surface area (Å²) in [5.41, 5.74) is 6.82. The smallest absolute Gasteiger partial charge is 0.277 e. The quantitative estimate of drug-likeness (QED) is 0.678. The Morgan fingerprint density at radius 3 is 2.52 bits per heavy atom. The zero-order chi connectivity index (χ0) is 21.3. The Hall–Kier alpha value is -3.19. The number of primary amides is 1. The van der Waals surface area contributed by atoms with E-state index in [1.165, 1.54) is 22.8 Å². The molecule has 0 saturated heterocycles. The molecule has 3 rings (SSSR count). The summed E-state index contributed by atoms with van der Waals surface area (Å²) in [5.74, 6) is -2.01. The van der Waals surface area contributed by atoms with Crippen LogP contribution in [0.5, 0.6) is 5.75 Å². The third-order valence-corrected chi connectivity index (χ3v) is 4.78. The molecule has 2 N–H and O–H groups in total. The van der Waals surface area contributed by atoms with Crippen LogP contribution in [-0.4, -0.2) is 10.5 Å². The molecule has 3 aromatic rings. The standard InChI is InChI=1S/C21H17ClF2N2O3/c1-11-3-4-13(20(25)27)8-17(11)26-12(2)7-18(19(22)21(26)28)29-10-14-5-6-15(23)9-16(14)24/h3-9H,10H2,1-2H3,(H2,25,27). The summed E-state index contributed by atoms with van der Waals surface area (Å²) in [6.45, 7) is 3.21. The molecule has 0 spiro atoms. The molecular weight excluding hydrogens is 402 g/mol. The van der Waals surface area contributed by atoms with Crippen molar-refractivity contribution in [3.05, 3.63) is 91.9 Å². The van der Waals surface area contributed by atoms with Crippen LogP contribution in [0.2, 0.25) is 5.02 Å². The minimum atomic E-state index is -0.759. The molecule has 8 heteroatoms. The lowest BCUT2D eigenvalue weighted by molar-refractivity contribution is 0.1000. The van der Waals surface area contributed by atoms with Crippen molar-refractivity contribution in [3.63, 3.8) is 0 Å². The van der Waals surface area contributed by atoms with Crippen LogP contribution < -0.4 is 16.0 Å². The lowest BCUT2D eigenvalue weighted by Crippen LogP contribution is -2.23. The first-order chi connectivity index (χ1) is 13.7. The van der Waals surface area contributed by atoms with E-state index in [0.717, 1.165) is 17.7 Å². The van der Waals surface area contributed by atoms with E-state index < -0.39 is 23.1 Å². The number of halogens is 3. The second-order valence-corrected chi connectivity index (χ2v) is 6.87. The molecule has 0 aliphatic heterocycles. The third-order valence-electron chi connectivity index (χ3n) is 4.43. The van der Waals surface area contributed by atoms with Crippen LogP contribution in [-0.2, 0) is 6.61 Å². The summed E-state index contributed by atoms with van der Waals surface area (Å²) >= 11 is 6.20. The van der Waals surface area contributed by atoms with Gasteiger partial charge in [-0.1, -0.05) is 17.7 Å². The van der Waals surface area contributed by atoms with Gasteiger partial charge >= 0.3 is 0 Å². The van der Waals surface area contributed by atoms with Gasteiger partial charge in [-0.3, -0.25) is 14.2 Å². The SMILES string of the molecule is Cc1ccc(C(N)=O)cc1-n1c(C)cc(OCc2ccc(F)cc2F)c(Cl)c1=O. The fraction of sp³-hybridized carbons (Fsp3) is 0.143. The maximum Gasteiger partial charge on any atom is 0.277 e. The molecule has 1 amide bonds. The number of ether oxygens (including phenoxy) is 1. The molecule has 0 unspecified atom stereocenters. The van der Waals surface area contributed by atoms with Crippen molar-refractivity contribution in [2.45, 2.75) is 20.5 Å². The molecule has 2 aromatic carbocycles. The van der Waals surface area contributed by atoms with Gasteiger partial charge in [-0.05, 0) is 43.7 Å². The normalized spacial score (nSPS) is 10.8. The Morgan fingerprint density at radius 1 is 1.14 bits per heavy atom. The summed E-state index contributed by atoms with van der Waals surface area (Å²) < 4.78 is 33.7. The third kappa shape index (κ3) is 4.14. The van der Waals surface area contributed by atoms with E-state index in [1.807, 2.05) is 0 Å². The molecule has 150 valence electrons. The van der Waals surface area contributed by atoms with Gasteiger partial charge in [-0.15, -0.1) is 0 Å². The maximum absolute atomic E-state index is 13.8. The van der Waals surface area contributed by atoms with Crippen LogP contribution in [0.3, 0.4) is 0 Å². The van der Waals surface area contributed by atoms with Crippen LogP contribution in [0, 0.1) is 25.5 Å². The van der Waals surface area contributed by atoms with E-state index in [0.29, 0.717) is 11.4 Å². The molecule has 1 aromatic heterocycles. The highest BCUT2D eigenvalue weighted by Gasteiger charge is 2.17. The van der Waals surface area contributed by atoms with E-state index in [-0.39, 0.29) is 28.5 Å². The zero-order valence-corrected chi connectivity index (χ0v) is 16.4. The predicted molar refractivity (Wildman–Crippen MR) is 106 cm³/mol. The number of aromatic nitrogens is 1. The van der Waals surface area contributed by atoms with E-state index in [2.05, 4.69) is 0 Å². The van der Waals surface area contributed by atoms with Crippen LogP contribution in [0.1, 0.15) is 27.2 Å². The molecule has 0 bridgehead atoms. The Bertz CT molecular complexity index is 1180. The Balaban J connectivity index is 2.00. The summed E-state index contributed by atoms with van der Waals surface area (Å²) in [4.78, 5) is 24.4. The van der Waals surface area contributed by atoms with Gasteiger partial charge in [-0.2, -0.15) is 0 Å². The van der Waals surface area contributed by atoms with Gasteiger partial charge in [0.15, 0.2) is 0 Å². The number of aryl methyl sites for hydroxylation is 2. The maximum atomic E-state index is 13.8. The van der Waals surface area contributed by atoms with Gasteiger partial charge in [0.1, 0.15) is 29.0 Å². The number of nitrogens with zero attached hydrogens (tertiary/aromatic N) is 1. The van der Waals surface area contributed by atoms with Crippen molar-refractivity contribution < 1.29 is 18.3 Å². The number of hydrogen-bond donors (Lipinski definition) is 1. The molecule has 5 nitrogen and oxygen atoms in total. The number of rotatable bonds is 5. The first-order valence-electron chi connectivity index (χ1n) is 8.58. The van der Waals surface area contributed by atoms with Crippen LogP contribution >= 0.6 is 11.6 Å². The van der Waals surface area contributed by atoms with E-state index in [9.17, 15) is 18.4 Å². The second kappa shape index (κ2) is 8.05. The molecule has 0 saturated carbocycles. The second-order valence-electron chi connectivity index (χ2n) is 6.49. The highest BCUT2D eigenvalue weighted by atomic mass is 35.5. The fourth-order valence-electron chi connectivity index (χ4n) is 2.88. The molecule has 0 aliphatic rings. The van der Waals surface area contributed by atoms with Crippen molar-refractivity contribution in [2.24, 2.45) is 5.73 Å². The number of carbonyl (C=O) groups excluding carboxylic acids is 1. The highest BCUT2D eigenvalue weighted by molar-refractivity contribution is 6.31. The number of amides is 1. The number of nitrogens with two attached hydrogens (primary N) is 1. The van der Waals surface area contributed by atoms with Crippen molar-refractivity contribution in [3.8, 4) is 11.4 Å². The van der Waals surface area contributed by atoms with Crippen molar-refractivity contribution in [1.29, 1.82) is 0 Å². The molecule has 0 atom stereocenters. The molecule has 29 heavy (non-hydrogen) atoms. The number of hydrogen-bond acceptors (Lipinski definition) is 3. The Morgan fingerprint density at radius 2 is 1.86 bits per heavy atom. The van der Waals surface area contributed by atoms with Gasteiger partial charge in [-0.25, -0.2) is 8.78 Å². The Labute approximate surface area is 170 Å². The van der Waals surface area contributed by atoms with Gasteiger partial charge in [0.2, 0.25) is 5.91 Å².